The SMILES string of the molecule is O=C1Nc2ccccc2CC1N1CCN(C(=O)C[C@@H]2Cc3ccc4[nH]ncc4c3CN(Cc3ccccc3)C2=O)CC1. The molecule has 0 saturated carbocycles. The molecule has 0 radical (unpaired) electrons. The number of para-hydroxylation sites is 1. The van der Waals surface area contributed by atoms with E-state index in [1.807, 2.05) is 70.6 Å². The number of amides is 3. The largest absolute Gasteiger partial charge is 0.340 e. The molecule has 7 rings (SSSR count). The molecular weight excluding hydrogens is 528 g/mol. The van der Waals surface area contributed by atoms with Gasteiger partial charge in [-0.05, 0) is 47.2 Å². The summed E-state index contributed by atoms with van der Waals surface area (Å²) in [7, 11) is 0. The molecule has 2 N–H and O–H groups in total. The molecule has 3 aliphatic heterocycles. The number of hydrogen-bond donors (Lipinski definition) is 2. The van der Waals surface area contributed by atoms with Crippen molar-refractivity contribution in [3.8, 4) is 0 Å². The maximum absolute atomic E-state index is 14.0. The monoisotopic (exact) mass is 562 g/mol. The van der Waals surface area contributed by atoms with Gasteiger partial charge in [0.2, 0.25) is 17.7 Å². The molecule has 214 valence electrons. The summed E-state index contributed by atoms with van der Waals surface area (Å²) in [5, 5.41) is 11.3. The zero-order valence-electron chi connectivity index (χ0n) is 23.5. The quantitative estimate of drug-likeness (QED) is 0.389. The molecule has 1 saturated heterocycles. The van der Waals surface area contributed by atoms with Crippen LogP contribution in [0.4, 0.5) is 5.69 Å². The Morgan fingerprint density at radius 3 is 2.50 bits per heavy atom. The number of rotatable bonds is 5. The number of hydrogen-bond acceptors (Lipinski definition) is 5. The third-order valence-corrected chi connectivity index (χ3v) is 9.05. The molecule has 3 aromatic carbocycles. The normalized spacial score (nSPS) is 21.0. The average Bonchev–Trinajstić information content (AvgIpc) is 3.46. The van der Waals surface area contributed by atoms with Crippen molar-refractivity contribution in [1.29, 1.82) is 0 Å². The van der Waals surface area contributed by atoms with E-state index in [9.17, 15) is 14.4 Å². The van der Waals surface area contributed by atoms with E-state index in [1.165, 1.54) is 0 Å². The van der Waals surface area contributed by atoms with Crippen LogP contribution >= 0.6 is 0 Å². The number of fused-ring (bicyclic) bond motifs is 4. The molecule has 42 heavy (non-hydrogen) atoms. The van der Waals surface area contributed by atoms with Crippen LogP contribution < -0.4 is 5.32 Å². The van der Waals surface area contributed by atoms with Crippen molar-refractivity contribution in [3.63, 3.8) is 0 Å². The minimum atomic E-state index is -0.439. The Balaban J connectivity index is 1.06. The lowest BCUT2D eigenvalue weighted by atomic mass is 9.92. The molecule has 0 aliphatic carbocycles. The zero-order chi connectivity index (χ0) is 28.6. The number of aromatic nitrogens is 2. The van der Waals surface area contributed by atoms with Crippen molar-refractivity contribution >= 4 is 34.3 Å². The first kappa shape index (κ1) is 26.4. The Hall–Kier alpha value is -4.50. The third-order valence-electron chi connectivity index (χ3n) is 9.05. The Morgan fingerprint density at radius 2 is 1.67 bits per heavy atom. The summed E-state index contributed by atoms with van der Waals surface area (Å²) in [5.41, 5.74) is 6.23. The van der Waals surface area contributed by atoms with Crippen molar-refractivity contribution in [1.82, 2.24) is 24.9 Å². The van der Waals surface area contributed by atoms with Gasteiger partial charge in [0.15, 0.2) is 0 Å². The summed E-state index contributed by atoms with van der Waals surface area (Å²) in [6.45, 7) is 3.33. The number of nitrogens with one attached hydrogen (secondary N) is 2. The van der Waals surface area contributed by atoms with Gasteiger partial charge in [-0.15, -0.1) is 0 Å². The molecule has 1 fully saturated rings. The molecular formula is C33H34N6O3. The van der Waals surface area contributed by atoms with Gasteiger partial charge < -0.3 is 15.1 Å². The fraction of sp³-hybridized carbons (Fsp3) is 0.333. The van der Waals surface area contributed by atoms with Crippen LogP contribution in [-0.4, -0.2) is 74.8 Å². The maximum Gasteiger partial charge on any atom is 0.242 e. The van der Waals surface area contributed by atoms with Gasteiger partial charge in [-0.25, -0.2) is 0 Å². The summed E-state index contributed by atoms with van der Waals surface area (Å²) in [6.07, 6.45) is 3.20. The van der Waals surface area contributed by atoms with Gasteiger partial charge >= 0.3 is 0 Å². The molecule has 0 bridgehead atoms. The van der Waals surface area contributed by atoms with Crippen molar-refractivity contribution in [2.45, 2.75) is 38.4 Å². The van der Waals surface area contributed by atoms with Crippen LogP contribution in [0.2, 0.25) is 0 Å². The standard InChI is InChI=1S/C33H34N6O3/c40-31(38-14-12-37(13-15-38)30-17-24-8-4-5-9-28(24)35-32(30)41)18-25-16-23-10-11-29-26(19-34-36-29)27(23)21-39(33(25)42)20-22-6-2-1-3-7-22/h1-11,19,25,30H,12-18,20-21H2,(H,34,36)(H,35,41)/t25-,30?/m0/s1. The number of carbonyl (C=O) groups is 3. The van der Waals surface area contributed by atoms with Crippen molar-refractivity contribution in [3.05, 3.63) is 95.2 Å². The highest BCUT2D eigenvalue weighted by atomic mass is 16.2. The smallest absolute Gasteiger partial charge is 0.242 e. The fourth-order valence-electron chi connectivity index (χ4n) is 6.73. The first-order chi connectivity index (χ1) is 20.5. The summed E-state index contributed by atoms with van der Waals surface area (Å²) in [5.74, 6) is -0.415. The van der Waals surface area contributed by atoms with Crippen LogP contribution in [-0.2, 0) is 40.3 Å². The van der Waals surface area contributed by atoms with Crippen LogP contribution in [0, 0.1) is 5.92 Å². The number of carbonyl (C=O) groups excluding carboxylic acids is 3. The predicted octanol–water partition coefficient (Wildman–Crippen LogP) is 3.36. The lowest BCUT2D eigenvalue weighted by Crippen LogP contribution is -2.56. The zero-order valence-corrected chi connectivity index (χ0v) is 23.5. The molecule has 9 heteroatoms. The van der Waals surface area contributed by atoms with Crippen molar-refractivity contribution in [2.75, 3.05) is 31.5 Å². The van der Waals surface area contributed by atoms with Crippen LogP contribution in [0.15, 0.2) is 72.9 Å². The second-order valence-electron chi connectivity index (χ2n) is 11.6. The number of H-pyrrole nitrogens is 1. The molecule has 0 spiro atoms. The number of anilines is 1. The van der Waals surface area contributed by atoms with E-state index in [0.717, 1.165) is 38.8 Å². The topological polar surface area (TPSA) is 102 Å². The van der Waals surface area contributed by atoms with Crippen molar-refractivity contribution < 1.29 is 14.4 Å². The first-order valence-electron chi connectivity index (χ1n) is 14.7. The van der Waals surface area contributed by atoms with E-state index in [0.29, 0.717) is 52.1 Å². The van der Waals surface area contributed by atoms with Crippen LogP contribution in [0.5, 0.6) is 0 Å². The molecule has 4 aromatic rings. The van der Waals surface area contributed by atoms with Gasteiger partial charge in [0.25, 0.3) is 0 Å². The molecule has 2 atom stereocenters. The lowest BCUT2D eigenvalue weighted by Gasteiger charge is -2.40. The molecule has 1 unspecified atom stereocenters. The number of aromatic amines is 1. The highest BCUT2D eigenvalue weighted by Crippen LogP contribution is 2.31. The summed E-state index contributed by atoms with van der Waals surface area (Å²) < 4.78 is 0. The Kier molecular flexibility index (Phi) is 6.95. The summed E-state index contributed by atoms with van der Waals surface area (Å²) >= 11 is 0. The number of nitrogens with zero attached hydrogens (tertiary/aromatic N) is 4. The lowest BCUT2D eigenvalue weighted by molar-refractivity contribution is -0.143. The molecule has 3 amide bonds. The number of piperazine rings is 1. The summed E-state index contributed by atoms with van der Waals surface area (Å²) in [6, 6.07) is 21.8. The van der Waals surface area contributed by atoms with E-state index >= 15 is 0 Å². The molecule has 4 heterocycles. The van der Waals surface area contributed by atoms with Gasteiger partial charge in [-0.1, -0.05) is 54.6 Å². The summed E-state index contributed by atoms with van der Waals surface area (Å²) in [4.78, 5) is 46.4. The molecule has 3 aliphatic rings. The van der Waals surface area contributed by atoms with Gasteiger partial charge in [0.05, 0.1) is 23.7 Å². The highest BCUT2D eigenvalue weighted by Gasteiger charge is 2.36. The third kappa shape index (κ3) is 5.05. The fourth-order valence-corrected chi connectivity index (χ4v) is 6.73. The van der Waals surface area contributed by atoms with E-state index in [1.54, 1.807) is 0 Å². The van der Waals surface area contributed by atoms with Gasteiger partial charge in [0.1, 0.15) is 0 Å². The highest BCUT2D eigenvalue weighted by molar-refractivity contribution is 5.98. The van der Waals surface area contributed by atoms with Crippen molar-refractivity contribution in [2.24, 2.45) is 5.92 Å². The van der Waals surface area contributed by atoms with Crippen LogP contribution in [0.25, 0.3) is 10.9 Å². The van der Waals surface area contributed by atoms with Gasteiger partial charge in [-0.3, -0.25) is 24.4 Å². The van der Waals surface area contributed by atoms with Gasteiger partial charge in [0, 0.05) is 56.8 Å². The molecule has 1 aromatic heterocycles. The van der Waals surface area contributed by atoms with E-state index in [2.05, 4.69) is 32.5 Å². The Labute approximate surface area is 244 Å². The van der Waals surface area contributed by atoms with Crippen LogP contribution in [0.1, 0.15) is 28.7 Å². The second-order valence-corrected chi connectivity index (χ2v) is 11.6. The van der Waals surface area contributed by atoms with Crippen LogP contribution in [0.3, 0.4) is 0 Å². The maximum atomic E-state index is 14.0. The minimum Gasteiger partial charge on any atom is -0.340 e. The Morgan fingerprint density at radius 1 is 0.881 bits per heavy atom. The number of benzene rings is 3. The van der Waals surface area contributed by atoms with E-state index in [-0.39, 0.29) is 30.2 Å². The van der Waals surface area contributed by atoms with Gasteiger partial charge in [-0.2, -0.15) is 5.10 Å². The average molecular weight is 563 g/mol. The predicted molar refractivity (Wildman–Crippen MR) is 159 cm³/mol. The first-order valence-corrected chi connectivity index (χ1v) is 14.7. The minimum absolute atomic E-state index is 0.000980. The van der Waals surface area contributed by atoms with E-state index < -0.39 is 5.92 Å². The molecule has 9 nitrogen and oxygen atoms in total. The van der Waals surface area contributed by atoms with E-state index in [4.69, 9.17) is 0 Å². The second kappa shape index (κ2) is 11.1. The Bertz CT molecular complexity index is 1640.